The highest BCUT2D eigenvalue weighted by Crippen LogP contribution is 2.17. The van der Waals surface area contributed by atoms with Crippen LogP contribution in [0.3, 0.4) is 0 Å². The number of aliphatic hydroxyl groups is 1. The molecule has 0 fully saturated rings. The summed E-state index contributed by atoms with van der Waals surface area (Å²) in [4.78, 5) is 0.208. The molecule has 0 aliphatic rings. The highest BCUT2D eigenvalue weighted by Gasteiger charge is 2.13. The standard InChI is InChI=1S/C15H17NO3S/c1-12-2-6-14(7-3-12)16-20(18,19)15-8-4-13(5-9-15)10-11-17/h2-9,16-17H,10-11H2,1H3. The average Bonchev–Trinajstić information content (AvgIpc) is 2.42. The fourth-order valence-corrected chi connectivity index (χ4v) is 2.86. The Kier molecular flexibility index (Phi) is 4.42. The van der Waals surface area contributed by atoms with E-state index in [0.717, 1.165) is 11.1 Å². The zero-order chi connectivity index (χ0) is 14.6. The molecule has 5 heteroatoms. The first-order chi connectivity index (χ1) is 9.51. The molecular formula is C15H17NO3S. The van der Waals surface area contributed by atoms with Crippen molar-refractivity contribution in [1.29, 1.82) is 0 Å². The predicted octanol–water partition coefficient (Wildman–Crippen LogP) is 2.33. The number of aliphatic hydroxyl groups excluding tert-OH is 1. The molecule has 4 nitrogen and oxygen atoms in total. The van der Waals surface area contributed by atoms with Gasteiger partial charge in [-0.15, -0.1) is 0 Å². The van der Waals surface area contributed by atoms with Crippen LogP contribution in [-0.2, 0) is 16.4 Å². The van der Waals surface area contributed by atoms with E-state index < -0.39 is 10.0 Å². The molecule has 0 bridgehead atoms. The van der Waals surface area contributed by atoms with E-state index in [9.17, 15) is 8.42 Å². The van der Waals surface area contributed by atoms with Gasteiger partial charge in [-0.3, -0.25) is 4.72 Å². The van der Waals surface area contributed by atoms with Gasteiger partial charge in [0.25, 0.3) is 10.0 Å². The zero-order valence-electron chi connectivity index (χ0n) is 11.2. The van der Waals surface area contributed by atoms with Gasteiger partial charge in [-0.2, -0.15) is 0 Å². The highest BCUT2D eigenvalue weighted by atomic mass is 32.2. The van der Waals surface area contributed by atoms with Crippen molar-refractivity contribution in [3.63, 3.8) is 0 Å². The lowest BCUT2D eigenvalue weighted by Crippen LogP contribution is -2.12. The fraction of sp³-hybridized carbons (Fsp3) is 0.200. The van der Waals surface area contributed by atoms with Crippen LogP contribution < -0.4 is 4.72 Å². The molecule has 0 saturated heterocycles. The maximum Gasteiger partial charge on any atom is 0.261 e. The van der Waals surface area contributed by atoms with E-state index in [1.807, 2.05) is 19.1 Å². The SMILES string of the molecule is Cc1ccc(NS(=O)(=O)c2ccc(CCO)cc2)cc1. The molecule has 0 heterocycles. The van der Waals surface area contributed by atoms with Gasteiger partial charge >= 0.3 is 0 Å². The number of benzene rings is 2. The van der Waals surface area contributed by atoms with Crippen LogP contribution in [0.5, 0.6) is 0 Å². The van der Waals surface area contributed by atoms with E-state index in [0.29, 0.717) is 12.1 Å². The van der Waals surface area contributed by atoms with Crippen molar-refractivity contribution in [1.82, 2.24) is 0 Å². The average molecular weight is 291 g/mol. The normalized spacial score (nSPS) is 11.3. The minimum absolute atomic E-state index is 0.0493. The van der Waals surface area contributed by atoms with E-state index in [4.69, 9.17) is 5.11 Å². The maximum atomic E-state index is 12.2. The van der Waals surface area contributed by atoms with Gasteiger partial charge in [0, 0.05) is 12.3 Å². The van der Waals surface area contributed by atoms with Gasteiger partial charge in [-0.05, 0) is 43.2 Å². The van der Waals surface area contributed by atoms with Gasteiger partial charge in [0.05, 0.1) is 4.90 Å². The van der Waals surface area contributed by atoms with Crippen molar-refractivity contribution in [2.45, 2.75) is 18.2 Å². The van der Waals surface area contributed by atoms with Crippen LogP contribution in [0.1, 0.15) is 11.1 Å². The molecule has 0 radical (unpaired) electrons. The molecule has 106 valence electrons. The van der Waals surface area contributed by atoms with Crippen LogP contribution in [0.4, 0.5) is 5.69 Å². The lowest BCUT2D eigenvalue weighted by atomic mass is 10.2. The molecule has 0 aromatic heterocycles. The summed E-state index contributed by atoms with van der Waals surface area (Å²) in [5.74, 6) is 0. The van der Waals surface area contributed by atoms with Gasteiger partial charge < -0.3 is 5.11 Å². The summed E-state index contributed by atoms with van der Waals surface area (Å²) in [6.45, 7) is 1.99. The summed E-state index contributed by atoms with van der Waals surface area (Å²) in [6, 6.07) is 13.7. The second-order valence-corrected chi connectivity index (χ2v) is 6.27. The molecule has 2 rings (SSSR count). The summed E-state index contributed by atoms with van der Waals surface area (Å²) >= 11 is 0. The van der Waals surface area contributed by atoms with Crippen LogP contribution in [0.15, 0.2) is 53.4 Å². The van der Waals surface area contributed by atoms with Gasteiger partial charge in [0.2, 0.25) is 0 Å². The lowest BCUT2D eigenvalue weighted by Gasteiger charge is -2.09. The molecule has 0 atom stereocenters. The third kappa shape index (κ3) is 3.59. The van der Waals surface area contributed by atoms with E-state index in [1.54, 1.807) is 36.4 Å². The Morgan fingerprint density at radius 2 is 1.60 bits per heavy atom. The predicted molar refractivity (Wildman–Crippen MR) is 79.2 cm³/mol. The summed E-state index contributed by atoms with van der Waals surface area (Å²) in [6.07, 6.45) is 0.520. The van der Waals surface area contributed by atoms with Crippen molar-refractivity contribution in [2.24, 2.45) is 0 Å². The molecule has 0 spiro atoms. The van der Waals surface area contributed by atoms with Crippen LogP contribution in [0, 0.1) is 6.92 Å². The first-order valence-corrected chi connectivity index (χ1v) is 7.79. The van der Waals surface area contributed by atoms with Crippen LogP contribution >= 0.6 is 0 Å². The number of nitrogens with one attached hydrogen (secondary N) is 1. The summed E-state index contributed by atoms with van der Waals surface area (Å²) in [7, 11) is -3.57. The molecule has 20 heavy (non-hydrogen) atoms. The van der Waals surface area contributed by atoms with Crippen LogP contribution in [-0.4, -0.2) is 20.1 Å². The van der Waals surface area contributed by atoms with Crippen molar-refractivity contribution in [2.75, 3.05) is 11.3 Å². The third-order valence-electron chi connectivity index (χ3n) is 2.94. The number of aryl methyl sites for hydroxylation is 1. The summed E-state index contributed by atoms with van der Waals surface area (Å²) in [5, 5.41) is 8.84. The molecule has 0 aliphatic heterocycles. The maximum absolute atomic E-state index is 12.2. The van der Waals surface area contributed by atoms with Crippen LogP contribution in [0.25, 0.3) is 0 Å². The summed E-state index contributed by atoms with van der Waals surface area (Å²) in [5.41, 5.74) is 2.51. The largest absolute Gasteiger partial charge is 0.396 e. The van der Waals surface area contributed by atoms with Crippen molar-refractivity contribution >= 4 is 15.7 Å². The minimum Gasteiger partial charge on any atom is -0.396 e. The Bertz CT molecular complexity index is 661. The number of hydrogen-bond donors (Lipinski definition) is 2. The number of rotatable bonds is 5. The van der Waals surface area contributed by atoms with Crippen molar-refractivity contribution < 1.29 is 13.5 Å². The Hall–Kier alpha value is -1.85. The minimum atomic E-state index is -3.57. The Labute approximate surface area is 119 Å². The van der Waals surface area contributed by atoms with Gasteiger partial charge in [0.15, 0.2) is 0 Å². The van der Waals surface area contributed by atoms with E-state index >= 15 is 0 Å². The van der Waals surface area contributed by atoms with Gasteiger partial charge in [-0.1, -0.05) is 29.8 Å². The second kappa shape index (κ2) is 6.07. The topological polar surface area (TPSA) is 66.4 Å². The third-order valence-corrected chi connectivity index (χ3v) is 4.34. The Balaban J connectivity index is 2.19. The molecule has 2 aromatic rings. The second-order valence-electron chi connectivity index (χ2n) is 4.59. The monoisotopic (exact) mass is 291 g/mol. The first-order valence-electron chi connectivity index (χ1n) is 6.30. The van der Waals surface area contributed by atoms with Crippen molar-refractivity contribution in [3.8, 4) is 0 Å². The smallest absolute Gasteiger partial charge is 0.261 e. The number of anilines is 1. The van der Waals surface area contributed by atoms with Crippen LogP contribution in [0.2, 0.25) is 0 Å². The van der Waals surface area contributed by atoms with E-state index in [-0.39, 0.29) is 11.5 Å². The molecule has 0 unspecified atom stereocenters. The highest BCUT2D eigenvalue weighted by molar-refractivity contribution is 7.92. The van der Waals surface area contributed by atoms with Crippen molar-refractivity contribution in [3.05, 3.63) is 59.7 Å². The number of hydrogen-bond acceptors (Lipinski definition) is 3. The first kappa shape index (κ1) is 14.6. The zero-order valence-corrected chi connectivity index (χ0v) is 12.0. The molecule has 0 aliphatic carbocycles. The molecule has 2 N–H and O–H groups in total. The molecule has 0 saturated carbocycles. The lowest BCUT2D eigenvalue weighted by molar-refractivity contribution is 0.299. The van der Waals surface area contributed by atoms with E-state index in [2.05, 4.69) is 4.72 Å². The quantitative estimate of drug-likeness (QED) is 0.888. The number of sulfonamides is 1. The van der Waals surface area contributed by atoms with Gasteiger partial charge in [0.1, 0.15) is 0 Å². The van der Waals surface area contributed by atoms with Gasteiger partial charge in [-0.25, -0.2) is 8.42 Å². The molecular weight excluding hydrogens is 274 g/mol. The molecule has 0 amide bonds. The Morgan fingerprint density at radius 1 is 1.00 bits per heavy atom. The van der Waals surface area contributed by atoms with E-state index in [1.165, 1.54) is 0 Å². The Morgan fingerprint density at radius 3 is 2.15 bits per heavy atom. The summed E-state index contributed by atoms with van der Waals surface area (Å²) < 4.78 is 26.9. The molecule has 2 aromatic carbocycles. The fourth-order valence-electron chi connectivity index (χ4n) is 1.80.